The molecular formula is C13H25N3O4S. The molecule has 0 aliphatic carbocycles. The minimum atomic E-state index is -4.09. The normalized spacial score (nSPS) is 18.0. The van der Waals surface area contributed by atoms with Crippen LogP contribution in [0.25, 0.3) is 0 Å². The van der Waals surface area contributed by atoms with E-state index in [1.54, 1.807) is 7.05 Å². The Bertz CT molecular complexity index is 452. The number of unbranched alkanes of at least 4 members (excludes halogenated alkanes) is 1. The van der Waals surface area contributed by atoms with Gasteiger partial charge in [0.1, 0.15) is 13.1 Å². The van der Waals surface area contributed by atoms with Gasteiger partial charge in [0.15, 0.2) is 0 Å². The number of quaternary nitrogens is 1. The predicted molar refractivity (Wildman–Crippen MR) is 79.6 cm³/mol. The second kappa shape index (κ2) is 9.27. The molecule has 0 N–H and O–H groups in total. The van der Waals surface area contributed by atoms with Gasteiger partial charge in [-0.3, -0.25) is 0 Å². The highest BCUT2D eigenvalue weighted by Gasteiger charge is 2.29. The van der Waals surface area contributed by atoms with E-state index in [-0.39, 0.29) is 5.75 Å². The van der Waals surface area contributed by atoms with Gasteiger partial charge in [0.2, 0.25) is 0 Å². The molecule has 1 aliphatic heterocycles. The zero-order chi connectivity index (χ0) is 15.6. The lowest BCUT2D eigenvalue weighted by Gasteiger charge is -2.41. The molecule has 0 saturated carbocycles. The third kappa shape index (κ3) is 8.28. The van der Waals surface area contributed by atoms with E-state index in [2.05, 4.69) is 16.0 Å². The Balaban J connectivity index is 2.40. The van der Waals surface area contributed by atoms with E-state index < -0.39 is 10.1 Å². The predicted octanol–water partition coefficient (Wildman–Crippen LogP) is 0.353. The van der Waals surface area contributed by atoms with Crippen LogP contribution in [0, 0.1) is 0 Å². The molecule has 0 amide bonds. The van der Waals surface area contributed by atoms with E-state index in [1.807, 2.05) is 0 Å². The molecule has 1 rings (SSSR count). The Morgan fingerprint density at radius 2 is 1.86 bits per heavy atom. The minimum absolute atomic E-state index is 0.263. The molecule has 21 heavy (non-hydrogen) atoms. The van der Waals surface area contributed by atoms with Crippen molar-refractivity contribution in [2.45, 2.75) is 19.3 Å². The van der Waals surface area contributed by atoms with E-state index in [0.717, 1.165) is 56.7 Å². The lowest BCUT2D eigenvalue weighted by Crippen LogP contribution is -2.56. The van der Waals surface area contributed by atoms with Crippen LogP contribution in [0.2, 0.25) is 0 Å². The molecular weight excluding hydrogens is 294 g/mol. The van der Waals surface area contributed by atoms with Crippen LogP contribution in [0.15, 0.2) is 9.98 Å². The standard InChI is InChI=1S/C13H25N3O4S/c1-14-13-15-5-4-7-16(8-10-20-11-9-16)6-2-3-12-21(17,18)19/h2-12H2,1H3. The molecule has 1 heterocycles. The van der Waals surface area contributed by atoms with Crippen LogP contribution >= 0.6 is 0 Å². The molecule has 0 aromatic rings. The summed E-state index contributed by atoms with van der Waals surface area (Å²) in [6.07, 6.45) is 2.14. The maximum absolute atomic E-state index is 10.6. The maximum Gasteiger partial charge on any atom is 0.102 e. The van der Waals surface area contributed by atoms with Gasteiger partial charge in [0.05, 0.1) is 49.0 Å². The summed E-state index contributed by atoms with van der Waals surface area (Å²) < 4.78 is 38.2. The molecule has 0 aromatic heterocycles. The third-order valence-corrected chi connectivity index (χ3v) is 4.56. The van der Waals surface area contributed by atoms with Crippen molar-refractivity contribution in [3.63, 3.8) is 0 Å². The van der Waals surface area contributed by atoms with Crippen molar-refractivity contribution in [1.29, 1.82) is 0 Å². The zero-order valence-electron chi connectivity index (χ0n) is 12.7. The molecule has 0 atom stereocenters. The Morgan fingerprint density at radius 1 is 1.19 bits per heavy atom. The second-order valence-electron chi connectivity index (χ2n) is 5.38. The second-order valence-corrected chi connectivity index (χ2v) is 6.90. The first-order chi connectivity index (χ1) is 9.97. The number of aliphatic imine (C=N–C) groups is 2. The molecule has 0 bridgehead atoms. The summed E-state index contributed by atoms with van der Waals surface area (Å²) in [5, 5.41) is 0. The average Bonchev–Trinajstić information content (AvgIpc) is 2.44. The van der Waals surface area contributed by atoms with E-state index in [4.69, 9.17) is 4.74 Å². The summed E-state index contributed by atoms with van der Waals surface area (Å²) >= 11 is 0. The Labute approximate surface area is 127 Å². The summed E-state index contributed by atoms with van der Waals surface area (Å²) in [7, 11) is -2.45. The zero-order valence-corrected chi connectivity index (χ0v) is 13.5. The van der Waals surface area contributed by atoms with Crippen molar-refractivity contribution in [3.05, 3.63) is 0 Å². The highest BCUT2D eigenvalue weighted by atomic mass is 32.2. The summed E-state index contributed by atoms with van der Waals surface area (Å²) in [4.78, 5) is 7.75. The van der Waals surface area contributed by atoms with Crippen LogP contribution in [0.1, 0.15) is 19.3 Å². The summed E-state index contributed by atoms with van der Waals surface area (Å²) in [6, 6.07) is 2.58. The smallest absolute Gasteiger partial charge is 0.102 e. The van der Waals surface area contributed by atoms with Crippen LogP contribution in [0.5, 0.6) is 0 Å². The summed E-state index contributed by atoms with van der Waals surface area (Å²) in [5.41, 5.74) is 0. The van der Waals surface area contributed by atoms with Crippen LogP contribution in [-0.4, -0.2) is 82.2 Å². The van der Waals surface area contributed by atoms with Crippen molar-refractivity contribution < 1.29 is 22.2 Å². The number of ether oxygens (including phenoxy) is 1. The van der Waals surface area contributed by atoms with E-state index >= 15 is 0 Å². The van der Waals surface area contributed by atoms with Gasteiger partial charge < -0.3 is 13.8 Å². The summed E-state index contributed by atoms with van der Waals surface area (Å²) in [6.45, 7) is 5.93. The molecule has 7 nitrogen and oxygen atoms in total. The Hall–Kier alpha value is -0.790. The molecule has 1 fully saturated rings. The van der Waals surface area contributed by atoms with E-state index in [0.29, 0.717) is 13.0 Å². The van der Waals surface area contributed by atoms with Crippen molar-refractivity contribution in [2.24, 2.45) is 9.98 Å². The van der Waals surface area contributed by atoms with Gasteiger partial charge in [-0.05, 0) is 12.8 Å². The number of hydrogen-bond donors (Lipinski definition) is 0. The topological polar surface area (TPSA) is 91.2 Å². The fourth-order valence-electron chi connectivity index (χ4n) is 2.62. The van der Waals surface area contributed by atoms with Crippen LogP contribution in [0.3, 0.4) is 0 Å². The number of nitrogens with zero attached hydrogens (tertiary/aromatic N) is 3. The first-order valence-corrected chi connectivity index (χ1v) is 8.92. The van der Waals surface area contributed by atoms with Gasteiger partial charge >= 0.3 is 0 Å². The first-order valence-electron chi connectivity index (χ1n) is 7.34. The fraction of sp³-hybridized carbons (Fsp3) is 0.923. The molecule has 0 radical (unpaired) electrons. The molecule has 0 unspecified atom stereocenters. The first kappa shape index (κ1) is 18.3. The van der Waals surface area contributed by atoms with Crippen molar-refractivity contribution in [2.75, 3.05) is 58.7 Å². The Morgan fingerprint density at radius 3 is 2.48 bits per heavy atom. The van der Waals surface area contributed by atoms with E-state index in [9.17, 15) is 13.0 Å². The number of rotatable bonds is 9. The van der Waals surface area contributed by atoms with Gasteiger partial charge in [-0.25, -0.2) is 18.4 Å². The van der Waals surface area contributed by atoms with Crippen LogP contribution in [0.4, 0.5) is 0 Å². The third-order valence-electron chi connectivity index (χ3n) is 3.77. The summed E-state index contributed by atoms with van der Waals surface area (Å²) in [5.74, 6) is -0.263. The SMILES string of the molecule is CN=C=NCCC[N+]1(CCCCS(=O)(=O)[O-])CCOCC1. The van der Waals surface area contributed by atoms with Gasteiger partial charge in [-0.2, -0.15) is 0 Å². The van der Waals surface area contributed by atoms with Crippen molar-refractivity contribution >= 4 is 16.1 Å². The van der Waals surface area contributed by atoms with E-state index in [1.165, 1.54) is 0 Å². The quantitative estimate of drug-likeness (QED) is 0.265. The average molecular weight is 319 g/mol. The van der Waals surface area contributed by atoms with Gasteiger partial charge in [-0.15, -0.1) is 0 Å². The van der Waals surface area contributed by atoms with Gasteiger partial charge in [0, 0.05) is 19.2 Å². The molecule has 0 aromatic carbocycles. The van der Waals surface area contributed by atoms with Gasteiger partial charge in [0.25, 0.3) is 0 Å². The monoisotopic (exact) mass is 319 g/mol. The minimum Gasteiger partial charge on any atom is -0.748 e. The maximum atomic E-state index is 10.6. The lowest BCUT2D eigenvalue weighted by atomic mass is 10.2. The highest BCUT2D eigenvalue weighted by Crippen LogP contribution is 2.15. The largest absolute Gasteiger partial charge is 0.748 e. The Kier molecular flexibility index (Phi) is 8.06. The van der Waals surface area contributed by atoms with Crippen LogP contribution in [-0.2, 0) is 14.9 Å². The number of morpholine rings is 1. The molecule has 122 valence electrons. The van der Waals surface area contributed by atoms with Crippen molar-refractivity contribution in [1.82, 2.24) is 0 Å². The molecule has 8 heteroatoms. The van der Waals surface area contributed by atoms with Crippen molar-refractivity contribution in [3.8, 4) is 0 Å². The highest BCUT2D eigenvalue weighted by molar-refractivity contribution is 7.85. The lowest BCUT2D eigenvalue weighted by molar-refractivity contribution is -0.935. The number of hydrogen-bond acceptors (Lipinski definition) is 6. The molecule has 1 aliphatic rings. The molecule has 0 spiro atoms. The van der Waals surface area contributed by atoms with Gasteiger partial charge in [-0.1, -0.05) is 0 Å². The van der Waals surface area contributed by atoms with Crippen LogP contribution < -0.4 is 0 Å². The molecule has 1 saturated heterocycles. The fourth-order valence-corrected chi connectivity index (χ4v) is 3.18.